The molecule has 9 heteroatoms. The van der Waals surface area contributed by atoms with Crippen LogP contribution in [0.15, 0.2) is 47.3 Å². The number of carbonyl (C=O) groups excluding carboxylic acids is 1. The maximum absolute atomic E-state index is 14.4. The number of hydrogen-bond donors (Lipinski definition) is 3. The standard InChI is InChI=1S/C18H17F2N5O2/c1-9-7-18(2,25-17(22)27-9)12-6-11(3-4-13(12)19)24-16(26)15-14(20)5-10(21)8-23-15/h3-8H,21H2,1-2H3,(H2,22,25)(H,24,26)/t18-/m0/s1. The Morgan fingerprint density at radius 3 is 2.63 bits per heavy atom. The zero-order chi connectivity index (χ0) is 19.8. The second-order valence-corrected chi connectivity index (χ2v) is 6.20. The molecule has 3 rings (SSSR count). The summed E-state index contributed by atoms with van der Waals surface area (Å²) in [6.45, 7) is 3.32. The summed E-state index contributed by atoms with van der Waals surface area (Å²) in [5.74, 6) is -1.74. The molecular formula is C18H17F2N5O2. The largest absolute Gasteiger partial charge is 0.431 e. The van der Waals surface area contributed by atoms with Gasteiger partial charge in [0.25, 0.3) is 11.9 Å². The Labute approximate surface area is 153 Å². The summed E-state index contributed by atoms with van der Waals surface area (Å²) in [6.07, 6.45) is 2.77. The van der Waals surface area contributed by atoms with Crippen LogP contribution in [0.1, 0.15) is 29.9 Å². The molecule has 0 bridgehead atoms. The summed E-state index contributed by atoms with van der Waals surface area (Å²) in [5, 5.41) is 2.48. The second-order valence-electron chi connectivity index (χ2n) is 6.20. The summed E-state index contributed by atoms with van der Waals surface area (Å²) < 4.78 is 33.5. The number of anilines is 2. The molecule has 2 heterocycles. The van der Waals surface area contributed by atoms with Gasteiger partial charge in [0.2, 0.25) is 0 Å². The number of hydrogen-bond acceptors (Lipinski definition) is 6. The number of amidine groups is 1. The van der Waals surface area contributed by atoms with Gasteiger partial charge in [0, 0.05) is 17.3 Å². The highest BCUT2D eigenvalue weighted by Gasteiger charge is 2.31. The minimum atomic E-state index is -1.12. The van der Waals surface area contributed by atoms with Crippen molar-refractivity contribution in [1.29, 1.82) is 0 Å². The Bertz CT molecular complexity index is 970. The van der Waals surface area contributed by atoms with E-state index in [0.717, 1.165) is 6.07 Å². The molecule has 0 unspecified atom stereocenters. The van der Waals surface area contributed by atoms with Crippen molar-refractivity contribution < 1.29 is 18.3 Å². The van der Waals surface area contributed by atoms with Gasteiger partial charge in [-0.3, -0.25) is 4.79 Å². The van der Waals surface area contributed by atoms with E-state index in [-0.39, 0.29) is 23.0 Å². The number of aliphatic imine (C=N–C) groups is 1. The number of nitrogens with one attached hydrogen (secondary N) is 1. The molecule has 1 amide bonds. The molecule has 27 heavy (non-hydrogen) atoms. The quantitative estimate of drug-likeness (QED) is 0.765. The SMILES string of the molecule is CC1=C[C@@](C)(c2cc(NC(=O)c3ncc(N)cc3F)ccc2F)N=C(N)O1. The number of halogens is 2. The van der Waals surface area contributed by atoms with E-state index in [1.807, 2.05) is 0 Å². The lowest BCUT2D eigenvalue weighted by molar-refractivity contribution is 0.101. The van der Waals surface area contributed by atoms with Crippen LogP contribution in [0.5, 0.6) is 0 Å². The Kier molecular flexibility index (Phi) is 4.52. The van der Waals surface area contributed by atoms with Gasteiger partial charge in [0.05, 0.1) is 11.9 Å². The van der Waals surface area contributed by atoms with E-state index in [1.165, 1.54) is 24.4 Å². The van der Waals surface area contributed by atoms with Crippen LogP contribution < -0.4 is 16.8 Å². The Balaban J connectivity index is 1.94. The van der Waals surface area contributed by atoms with Crippen molar-refractivity contribution in [2.75, 3.05) is 11.1 Å². The van der Waals surface area contributed by atoms with Crippen molar-refractivity contribution in [3.63, 3.8) is 0 Å². The summed E-state index contributed by atoms with van der Waals surface area (Å²) in [6, 6.07) is 4.81. The fourth-order valence-corrected chi connectivity index (χ4v) is 2.81. The number of nitrogens with two attached hydrogens (primary N) is 2. The number of allylic oxidation sites excluding steroid dienone is 1. The molecule has 0 saturated heterocycles. The van der Waals surface area contributed by atoms with E-state index in [9.17, 15) is 13.6 Å². The molecule has 0 aliphatic carbocycles. The highest BCUT2D eigenvalue weighted by molar-refractivity contribution is 6.03. The average Bonchev–Trinajstić information content (AvgIpc) is 2.55. The fraction of sp³-hybridized carbons (Fsp3) is 0.167. The number of nitrogens with zero attached hydrogens (tertiary/aromatic N) is 2. The number of aromatic nitrogens is 1. The van der Waals surface area contributed by atoms with Crippen LogP contribution in [0, 0.1) is 11.6 Å². The van der Waals surface area contributed by atoms with Crippen molar-refractivity contribution >= 4 is 23.3 Å². The summed E-state index contributed by atoms with van der Waals surface area (Å²) >= 11 is 0. The highest BCUT2D eigenvalue weighted by Crippen LogP contribution is 2.34. The van der Waals surface area contributed by atoms with Gasteiger partial charge in [-0.15, -0.1) is 0 Å². The van der Waals surface area contributed by atoms with Gasteiger partial charge in [-0.25, -0.2) is 18.8 Å². The van der Waals surface area contributed by atoms with E-state index < -0.39 is 28.8 Å². The summed E-state index contributed by atoms with van der Waals surface area (Å²) in [4.78, 5) is 20.1. The molecule has 0 spiro atoms. The van der Waals surface area contributed by atoms with Crippen LogP contribution in [-0.2, 0) is 10.3 Å². The zero-order valence-electron chi connectivity index (χ0n) is 14.6. The average molecular weight is 373 g/mol. The number of nitrogen functional groups attached to an aromatic ring is 1. The smallest absolute Gasteiger partial charge is 0.288 e. The van der Waals surface area contributed by atoms with Crippen LogP contribution >= 0.6 is 0 Å². The van der Waals surface area contributed by atoms with E-state index >= 15 is 0 Å². The van der Waals surface area contributed by atoms with Gasteiger partial charge < -0.3 is 21.5 Å². The third kappa shape index (κ3) is 3.71. The van der Waals surface area contributed by atoms with E-state index in [1.54, 1.807) is 19.9 Å². The molecule has 5 N–H and O–H groups in total. The first kappa shape index (κ1) is 18.3. The maximum atomic E-state index is 14.4. The molecule has 1 aliphatic rings. The second kappa shape index (κ2) is 6.67. The number of rotatable bonds is 3. The van der Waals surface area contributed by atoms with E-state index in [0.29, 0.717) is 5.76 Å². The molecule has 140 valence electrons. The molecule has 0 fully saturated rings. The molecular weight excluding hydrogens is 356 g/mol. The minimum absolute atomic E-state index is 0.0955. The maximum Gasteiger partial charge on any atom is 0.288 e. The van der Waals surface area contributed by atoms with Crippen molar-refractivity contribution in [1.82, 2.24) is 4.98 Å². The van der Waals surface area contributed by atoms with Gasteiger partial charge in [-0.05, 0) is 38.1 Å². The monoisotopic (exact) mass is 373 g/mol. The summed E-state index contributed by atoms with van der Waals surface area (Å²) in [7, 11) is 0. The molecule has 1 aliphatic heterocycles. The van der Waals surface area contributed by atoms with Crippen LogP contribution in [0.25, 0.3) is 0 Å². The van der Waals surface area contributed by atoms with Gasteiger partial charge in [-0.2, -0.15) is 0 Å². The molecule has 1 atom stereocenters. The molecule has 1 aromatic carbocycles. The van der Waals surface area contributed by atoms with Gasteiger partial charge in [0.1, 0.15) is 17.1 Å². The zero-order valence-corrected chi connectivity index (χ0v) is 14.6. The Morgan fingerprint density at radius 1 is 1.22 bits per heavy atom. The lowest BCUT2D eigenvalue weighted by atomic mass is 9.90. The minimum Gasteiger partial charge on any atom is -0.431 e. The fourth-order valence-electron chi connectivity index (χ4n) is 2.81. The normalized spacial score (nSPS) is 19.0. The van der Waals surface area contributed by atoms with Gasteiger partial charge in [0.15, 0.2) is 11.5 Å². The lowest BCUT2D eigenvalue weighted by Crippen LogP contribution is -2.30. The molecule has 0 radical (unpaired) electrons. The van der Waals surface area contributed by atoms with Crippen LogP contribution in [0.3, 0.4) is 0 Å². The van der Waals surface area contributed by atoms with Crippen molar-refractivity contribution in [2.45, 2.75) is 19.4 Å². The molecule has 0 saturated carbocycles. The van der Waals surface area contributed by atoms with Crippen LogP contribution in [-0.4, -0.2) is 16.9 Å². The molecule has 7 nitrogen and oxygen atoms in total. The lowest BCUT2D eigenvalue weighted by Gasteiger charge is -2.27. The molecule has 2 aromatic rings. The number of ether oxygens (including phenoxy) is 1. The Morgan fingerprint density at radius 2 is 1.96 bits per heavy atom. The molecule has 1 aromatic heterocycles. The summed E-state index contributed by atoms with van der Waals surface area (Å²) in [5.41, 5.74) is 10.0. The van der Waals surface area contributed by atoms with Crippen molar-refractivity contribution in [3.8, 4) is 0 Å². The van der Waals surface area contributed by atoms with E-state index in [4.69, 9.17) is 16.2 Å². The Hall–Kier alpha value is -3.49. The predicted octanol–water partition coefficient (Wildman–Crippen LogP) is 2.66. The van der Waals surface area contributed by atoms with Crippen LogP contribution in [0.2, 0.25) is 0 Å². The first-order chi connectivity index (χ1) is 12.7. The number of benzene rings is 1. The number of pyridine rings is 1. The third-order valence-electron chi connectivity index (χ3n) is 3.94. The van der Waals surface area contributed by atoms with Crippen molar-refractivity contribution in [3.05, 3.63) is 65.2 Å². The first-order valence-electron chi connectivity index (χ1n) is 7.93. The third-order valence-corrected chi connectivity index (χ3v) is 3.94. The van der Waals surface area contributed by atoms with Crippen LogP contribution in [0.4, 0.5) is 20.2 Å². The highest BCUT2D eigenvalue weighted by atomic mass is 19.1. The van der Waals surface area contributed by atoms with Gasteiger partial charge in [-0.1, -0.05) is 0 Å². The predicted molar refractivity (Wildman–Crippen MR) is 96.8 cm³/mol. The number of amides is 1. The van der Waals surface area contributed by atoms with Crippen molar-refractivity contribution in [2.24, 2.45) is 10.7 Å². The first-order valence-corrected chi connectivity index (χ1v) is 7.93. The number of carbonyl (C=O) groups is 1. The topological polar surface area (TPSA) is 116 Å². The van der Waals surface area contributed by atoms with Gasteiger partial charge >= 0.3 is 0 Å². The van der Waals surface area contributed by atoms with E-state index in [2.05, 4.69) is 15.3 Å².